The fraction of sp³-hybridized carbons (Fsp3) is 0.542. The van der Waals surface area contributed by atoms with Gasteiger partial charge in [-0.05, 0) is 60.7 Å². The zero-order valence-electron chi connectivity index (χ0n) is 18.2. The lowest BCUT2D eigenvalue weighted by Crippen LogP contribution is -2.37. The molecule has 2 fully saturated rings. The molecule has 0 amide bonds. The van der Waals surface area contributed by atoms with Crippen LogP contribution in [0.3, 0.4) is 0 Å². The van der Waals surface area contributed by atoms with Crippen molar-refractivity contribution in [3.05, 3.63) is 65.4 Å². The number of tetrazole rings is 1. The summed E-state index contributed by atoms with van der Waals surface area (Å²) in [5, 5.41) is 13.1. The van der Waals surface area contributed by atoms with Crippen LogP contribution in [0.2, 0.25) is 0 Å². The Kier molecular flexibility index (Phi) is 6.13. The lowest BCUT2D eigenvalue weighted by Gasteiger charge is -2.33. The summed E-state index contributed by atoms with van der Waals surface area (Å²) in [5.41, 5.74) is 2.44. The van der Waals surface area contributed by atoms with Gasteiger partial charge in [0, 0.05) is 13.2 Å². The number of ether oxygens (including phenoxy) is 1. The Morgan fingerprint density at radius 3 is 2.65 bits per heavy atom. The highest BCUT2D eigenvalue weighted by Gasteiger charge is 2.33. The van der Waals surface area contributed by atoms with Crippen molar-refractivity contribution in [1.82, 2.24) is 25.1 Å². The van der Waals surface area contributed by atoms with Crippen molar-refractivity contribution >= 4 is 0 Å². The van der Waals surface area contributed by atoms with Crippen molar-refractivity contribution in [3.63, 3.8) is 0 Å². The molecule has 3 heterocycles. The first-order valence-electron chi connectivity index (χ1n) is 11.5. The van der Waals surface area contributed by atoms with Gasteiger partial charge in [-0.25, -0.2) is 4.68 Å². The Morgan fingerprint density at radius 2 is 1.94 bits per heavy atom. The number of hydrogen-bond donors (Lipinski definition) is 0. The third-order valence-electron chi connectivity index (χ3n) is 6.59. The van der Waals surface area contributed by atoms with Gasteiger partial charge in [-0.3, -0.25) is 4.90 Å². The summed E-state index contributed by atoms with van der Waals surface area (Å²) in [5.74, 6) is 1.86. The second kappa shape index (κ2) is 9.32. The highest BCUT2D eigenvalue weighted by atomic mass is 16.5. The maximum absolute atomic E-state index is 6.02. The Hall–Kier alpha value is -2.51. The summed E-state index contributed by atoms with van der Waals surface area (Å²) in [6, 6.07) is 13.1. The van der Waals surface area contributed by atoms with Crippen molar-refractivity contribution in [2.24, 2.45) is 0 Å². The van der Waals surface area contributed by atoms with E-state index < -0.39 is 0 Å². The average molecular weight is 422 g/mol. The maximum Gasteiger partial charge on any atom is 0.173 e. The van der Waals surface area contributed by atoms with Crippen LogP contribution in [-0.4, -0.2) is 44.4 Å². The predicted octanol–water partition coefficient (Wildman–Crippen LogP) is 4.46. The summed E-state index contributed by atoms with van der Waals surface area (Å²) in [7, 11) is 0. The van der Waals surface area contributed by atoms with Crippen molar-refractivity contribution in [2.75, 3.05) is 13.2 Å². The van der Waals surface area contributed by atoms with Crippen LogP contribution in [0.25, 0.3) is 0 Å². The molecule has 7 heteroatoms. The maximum atomic E-state index is 6.02. The number of furan rings is 1. The first kappa shape index (κ1) is 20.4. The molecule has 31 heavy (non-hydrogen) atoms. The Bertz CT molecular complexity index is 941. The minimum Gasteiger partial charge on any atom is -0.468 e. The van der Waals surface area contributed by atoms with Crippen molar-refractivity contribution in [1.29, 1.82) is 0 Å². The molecule has 1 saturated heterocycles. The standard InChI is InChI=1S/C24H31N5O2/c1-18-10-12-19(13-11-18)23(24-25-26-27-29(24)20-6-2-3-7-20)28(16-21-8-4-14-30-21)17-22-9-5-15-31-22/h4,8,10-14,20,22-23H,2-3,5-7,9,15-17H2,1H3. The minimum absolute atomic E-state index is 0.0644. The summed E-state index contributed by atoms with van der Waals surface area (Å²) < 4.78 is 13.8. The fourth-order valence-corrected chi connectivity index (χ4v) is 4.98. The number of nitrogens with zero attached hydrogens (tertiary/aromatic N) is 5. The van der Waals surface area contributed by atoms with Gasteiger partial charge in [0.05, 0.1) is 31.0 Å². The smallest absolute Gasteiger partial charge is 0.173 e. The molecule has 0 bridgehead atoms. The van der Waals surface area contributed by atoms with Crippen LogP contribution in [0.4, 0.5) is 0 Å². The predicted molar refractivity (Wildman–Crippen MR) is 116 cm³/mol. The second-order valence-electron chi connectivity index (χ2n) is 8.88. The van der Waals surface area contributed by atoms with Crippen LogP contribution in [-0.2, 0) is 11.3 Å². The first-order chi connectivity index (χ1) is 15.3. The van der Waals surface area contributed by atoms with Crippen LogP contribution in [0, 0.1) is 6.92 Å². The van der Waals surface area contributed by atoms with Gasteiger partial charge in [0.2, 0.25) is 0 Å². The Morgan fingerprint density at radius 1 is 1.10 bits per heavy atom. The van der Waals surface area contributed by atoms with E-state index in [-0.39, 0.29) is 12.1 Å². The topological polar surface area (TPSA) is 69.2 Å². The molecule has 1 aromatic carbocycles. The first-order valence-corrected chi connectivity index (χ1v) is 11.5. The number of rotatable bonds is 8. The second-order valence-corrected chi connectivity index (χ2v) is 8.88. The van der Waals surface area contributed by atoms with E-state index in [1.807, 2.05) is 12.1 Å². The molecule has 1 saturated carbocycles. The molecule has 0 spiro atoms. The van der Waals surface area contributed by atoms with E-state index in [1.165, 1.54) is 24.0 Å². The van der Waals surface area contributed by atoms with E-state index in [0.717, 1.165) is 50.4 Å². The highest BCUT2D eigenvalue weighted by Crippen LogP contribution is 2.35. The number of benzene rings is 1. The van der Waals surface area contributed by atoms with E-state index in [9.17, 15) is 0 Å². The molecule has 3 aromatic rings. The molecule has 1 aliphatic heterocycles. The zero-order valence-corrected chi connectivity index (χ0v) is 18.2. The molecule has 2 unspecified atom stereocenters. The molecule has 7 nitrogen and oxygen atoms in total. The monoisotopic (exact) mass is 421 g/mol. The number of aryl methyl sites for hydroxylation is 1. The van der Waals surface area contributed by atoms with Gasteiger partial charge in [0.15, 0.2) is 5.82 Å². The van der Waals surface area contributed by atoms with Crippen LogP contribution in [0.1, 0.15) is 73.3 Å². The van der Waals surface area contributed by atoms with Crippen LogP contribution >= 0.6 is 0 Å². The quantitative estimate of drug-likeness (QED) is 0.535. The molecule has 0 radical (unpaired) electrons. The molecule has 0 N–H and O–H groups in total. The summed E-state index contributed by atoms with van der Waals surface area (Å²) in [4.78, 5) is 2.43. The number of aromatic nitrogens is 4. The van der Waals surface area contributed by atoms with E-state index in [2.05, 4.69) is 56.3 Å². The summed E-state index contributed by atoms with van der Waals surface area (Å²) in [6.45, 7) is 4.46. The van der Waals surface area contributed by atoms with Gasteiger partial charge in [-0.1, -0.05) is 42.7 Å². The van der Waals surface area contributed by atoms with Crippen LogP contribution < -0.4 is 0 Å². The number of hydrogen-bond acceptors (Lipinski definition) is 6. The molecule has 1 aliphatic carbocycles. The van der Waals surface area contributed by atoms with Gasteiger partial charge in [-0.15, -0.1) is 5.10 Å². The van der Waals surface area contributed by atoms with E-state index in [4.69, 9.17) is 9.15 Å². The largest absolute Gasteiger partial charge is 0.468 e. The Balaban J connectivity index is 1.55. The van der Waals surface area contributed by atoms with Gasteiger partial charge < -0.3 is 9.15 Å². The molecule has 2 aliphatic rings. The molecule has 5 rings (SSSR count). The summed E-state index contributed by atoms with van der Waals surface area (Å²) in [6.07, 6.45) is 8.93. The van der Waals surface area contributed by atoms with Crippen molar-refractivity contribution < 1.29 is 9.15 Å². The van der Waals surface area contributed by atoms with Gasteiger partial charge in [-0.2, -0.15) is 0 Å². The third-order valence-corrected chi connectivity index (χ3v) is 6.59. The van der Waals surface area contributed by atoms with Gasteiger partial charge in [0.1, 0.15) is 5.76 Å². The SMILES string of the molecule is Cc1ccc(C(c2nnnn2C2CCCC2)N(Cc2ccco2)CC2CCCO2)cc1. The van der Waals surface area contributed by atoms with Crippen LogP contribution in [0.15, 0.2) is 47.1 Å². The lowest BCUT2D eigenvalue weighted by atomic mass is 10.0. The molecular weight excluding hydrogens is 390 g/mol. The van der Waals surface area contributed by atoms with E-state index >= 15 is 0 Å². The minimum atomic E-state index is -0.0644. The zero-order chi connectivity index (χ0) is 21.0. The Labute approximate surface area is 183 Å². The molecule has 2 atom stereocenters. The van der Waals surface area contributed by atoms with Gasteiger partial charge >= 0.3 is 0 Å². The van der Waals surface area contributed by atoms with Gasteiger partial charge in [0.25, 0.3) is 0 Å². The van der Waals surface area contributed by atoms with E-state index in [0.29, 0.717) is 12.6 Å². The summed E-state index contributed by atoms with van der Waals surface area (Å²) >= 11 is 0. The lowest BCUT2D eigenvalue weighted by molar-refractivity contribution is 0.0543. The normalized spacial score (nSPS) is 20.6. The third kappa shape index (κ3) is 4.57. The highest BCUT2D eigenvalue weighted by molar-refractivity contribution is 5.28. The molecule has 2 aromatic heterocycles. The van der Waals surface area contributed by atoms with Crippen molar-refractivity contribution in [3.8, 4) is 0 Å². The molecule has 164 valence electrons. The average Bonchev–Trinajstić information content (AvgIpc) is 3.57. The fourth-order valence-electron chi connectivity index (χ4n) is 4.98. The van der Waals surface area contributed by atoms with E-state index in [1.54, 1.807) is 6.26 Å². The van der Waals surface area contributed by atoms with Crippen molar-refractivity contribution in [2.45, 2.75) is 70.2 Å². The van der Waals surface area contributed by atoms with Crippen LogP contribution in [0.5, 0.6) is 0 Å². The molecular formula is C24H31N5O2.